The van der Waals surface area contributed by atoms with Crippen molar-refractivity contribution in [3.8, 4) is 0 Å². The van der Waals surface area contributed by atoms with E-state index in [1.165, 1.54) is 4.90 Å². The van der Waals surface area contributed by atoms with E-state index in [1.807, 2.05) is 0 Å². The molecule has 122 valence electrons. The van der Waals surface area contributed by atoms with Crippen molar-refractivity contribution < 1.29 is 19.8 Å². The molecule has 1 heterocycles. The number of amides is 1. The molecule has 0 aromatic rings. The molecular formula is C14H27N3O4. The van der Waals surface area contributed by atoms with Crippen molar-refractivity contribution in [2.24, 2.45) is 5.92 Å². The summed E-state index contributed by atoms with van der Waals surface area (Å²) in [5, 5.41) is 18.2. The summed E-state index contributed by atoms with van der Waals surface area (Å²) in [6, 6.07) is 0. The lowest BCUT2D eigenvalue weighted by Gasteiger charge is -2.25. The average Bonchev–Trinajstić information content (AvgIpc) is 2.70. The Kier molecular flexibility index (Phi) is 7.63. The van der Waals surface area contributed by atoms with Crippen LogP contribution in [0.15, 0.2) is 0 Å². The van der Waals surface area contributed by atoms with Gasteiger partial charge in [0, 0.05) is 39.3 Å². The summed E-state index contributed by atoms with van der Waals surface area (Å²) in [5.41, 5.74) is 0. The van der Waals surface area contributed by atoms with E-state index in [9.17, 15) is 14.7 Å². The molecule has 7 nitrogen and oxygen atoms in total. The average molecular weight is 301 g/mol. The van der Waals surface area contributed by atoms with Gasteiger partial charge >= 0.3 is 5.97 Å². The Morgan fingerprint density at radius 2 is 1.86 bits per heavy atom. The van der Waals surface area contributed by atoms with Gasteiger partial charge in [-0.25, -0.2) is 0 Å². The lowest BCUT2D eigenvalue weighted by Crippen LogP contribution is -2.39. The molecule has 0 bridgehead atoms. The van der Waals surface area contributed by atoms with Gasteiger partial charge in [0.2, 0.25) is 5.91 Å². The van der Waals surface area contributed by atoms with Crippen molar-refractivity contribution in [2.45, 2.75) is 13.8 Å². The number of likely N-dealkylation sites (N-methyl/N-ethyl adjacent to an activating group) is 1. The number of carbonyl (C=O) groups excluding carboxylic acids is 1. The third kappa shape index (κ3) is 5.61. The molecule has 1 saturated heterocycles. The molecule has 0 unspecified atom stereocenters. The van der Waals surface area contributed by atoms with Crippen LogP contribution in [0.5, 0.6) is 0 Å². The quantitative estimate of drug-likeness (QED) is 0.638. The largest absolute Gasteiger partial charge is 0.481 e. The number of hydrogen-bond acceptors (Lipinski definition) is 5. The van der Waals surface area contributed by atoms with Crippen LogP contribution in [0.1, 0.15) is 13.8 Å². The Morgan fingerprint density at radius 3 is 2.38 bits per heavy atom. The van der Waals surface area contributed by atoms with Gasteiger partial charge in [0.25, 0.3) is 0 Å². The fraction of sp³-hybridized carbons (Fsp3) is 0.857. The molecule has 1 fully saturated rings. The number of aliphatic carboxylic acids is 1. The zero-order chi connectivity index (χ0) is 15.8. The molecular weight excluding hydrogens is 274 g/mol. The number of carboxylic acid groups (broad SMARTS) is 1. The van der Waals surface area contributed by atoms with Crippen LogP contribution in [0.25, 0.3) is 0 Å². The van der Waals surface area contributed by atoms with Crippen molar-refractivity contribution >= 4 is 11.9 Å². The minimum Gasteiger partial charge on any atom is -0.481 e. The highest BCUT2D eigenvalue weighted by Gasteiger charge is 2.29. The Morgan fingerprint density at radius 1 is 1.19 bits per heavy atom. The second kappa shape index (κ2) is 8.96. The van der Waals surface area contributed by atoms with E-state index < -0.39 is 24.4 Å². The first kappa shape index (κ1) is 17.9. The second-order valence-electron chi connectivity index (χ2n) is 5.36. The van der Waals surface area contributed by atoms with Gasteiger partial charge in [0.05, 0.1) is 5.92 Å². The van der Waals surface area contributed by atoms with Crippen LogP contribution in [0.3, 0.4) is 0 Å². The van der Waals surface area contributed by atoms with E-state index in [1.54, 1.807) is 0 Å². The van der Waals surface area contributed by atoms with Crippen LogP contribution < -0.4 is 0 Å². The first-order valence-electron chi connectivity index (χ1n) is 7.57. The Balaban J connectivity index is 2.62. The van der Waals surface area contributed by atoms with E-state index in [-0.39, 0.29) is 6.54 Å². The van der Waals surface area contributed by atoms with Crippen LogP contribution in [-0.2, 0) is 9.59 Å². The third-order valence-corrected chi connectivity index (χ3v) is 4.07. The molecule has 0 saturated carbocycles. The maximum Gasteiger partial charge on any atom is 0.309 e. The summed E-state index contributed by atoms with van der Waals surface area (Å²) in [7, 11) is 0. The smallest absolute Gasteiger partial charge is 0.309 e. The van der Waals surface area contributed by atoms with Crippen molar-refractivity contribution in [1.29, 1.82) is 0 Å². The van der Waals surface area contributed by atoms with Crippen LogP contribution >= 0.6 is 0 Å². The maximum absolute atomic E-state index is 11.6. The lowest BCUT2D eigenvalue weighted by molar-refractivity contribution is -0.144. The highest BCUT2D eigenvalue weighted by Crippen LogP contribution is 2.10. The number of nitrogens with zero attached hydrogens (tertiary/aromatic N) is 3. The SMILES string of the molecule is CCN(CC)CCN1CCN(C(=O)CO)C[C@H](C(=O)O)C1. The summed E-state index contributed by atoms with van der Waals surface area (Å²) in [4.78, 5) is 28.8. The normalized spacial score (nSPS) is 20.6. The second-order valence-corrected chi connectivity index (χ2v) is 5.36. The molecule has 21 heavy (non-hydrogen) atoms. The molecule has 0 aromatic heterocycles. The Bertz CT molecular complexity index is 347. The van der Waals surface area contributed by atoms with E-state index >= 15 is 0 Å². The van der Waals surface area contributed by atoms with Gasteiger partial charge in [-0.2, -0.15) is 0 Å². The van der Waals surface area contributed by atoms with Crippen molar-refractivity contribution in [2.75, 3.05) is 59.0 Å². The summed E-state index contributed by atoms with van der Waals surface area (Å²) < 4.78 is 0. The number of aliphatic hydroxyl groups excluding tert-OH is 1. The summed E-state index contributed by atoms with van der Waals surface area (Å²) in [6.45, 7) is 9.04. The molecule has 2 N–H and O–H groups in total. The highest BCUT2D eigenvalue weighted by atomic mass is 16.4. The standard InChI is InChI=1S/C14H27N3O4/c1-3-15(4-2)5-6-16-7-8-17(13(19)11-18)10-12(9-16)14(20)21/h12,18H,3-11H2,1-2H3,(H,20,21)/t12-/m1/s1. The zero-order valence-electron chi connectivity index (χ0n) is 13.0. The molecule has 0 aromatic carbocycles. The van der Waals surface area contributed by atoms with Gasteiger partial charge in [-0.15, -0.1) is 0 Å². The molecule has 7 heteroatoms. The first-order chi connectivity index (χ1) is 10.0. The fourth-order valence-electron chi connectivity index (χ4n) is 2.59. The van der Waals surface area contributed by atoms with Gasteiger partial charge in [-0.1, -0.05) is 13.8 Å². The van der Waals surface area contributed by atoms with E-state index in [4.69, 9.17) is 5.11 Å². The summed E-state index contributed by atoms with van der Waals surface area (Å²) in [6.07, 6.45) is 0. The summed E-state index contributed by atoms with van der Waals surface area (Å²) >= 11 is 0. The minimum atomic E-state index is -0.888. The van der Waals surface area contributed by atoms with Gasteiger partial charge in [-0.3, -0.25) is 14.5 Å². The number of carboxylic acids is 1. The van der Waals surface area contributed by atoms with Crippen LogP contribution in [-0.4, -0.2) is 95.8 Å². The molecule has 0 radical (unpaired) electrons. The predicted molar refractivity (Wildman–Crippen MR) is 79.0 cm³/mol. The number of hydrogen-bond donors (Lipinski definition) is 2. The van der Waals surface area contributed by atoms with E-state index in [0.717, 1.165) is 26.2 Å². The molecule has 0 spiro atoms. The molecule has 1 aliphatic rings. The molecule has 1 rings (SSSR count). The molecule has 1 aliphatic heterocycles. The summed E-state index contributed by atoms with van der Waals surface area (Å²) in [5.74, 6) is -1.88. The highest BCUT2D eigenvalue weighted by molar-refractivity contribution is 5.78. The molecule has 0 aliphatic carbocycles. The maximum atomic E-state index is 11.6. The lowest BCUT2D eigenvalue weighted by atomic mass is 10.1. The Hall–Kier alpha value is -1.18. The predicted octanol–water partition coefficient (Wildman–Crippen LogP) is -0.834. The van der Waals surface area contributed by atoms with Gasteiger partial charge < -0.3 is 20.0 Å². The van der Waals surface area contributed by atoms with Crippen LogP contribution in [0.2, 0.25) is 0 Å². The number of rotatable bonds is 7. The van der Waals surface area contributed by atoms with E-state index in [0.29, 0.717) is 19.6 Å². The zero-order valence-corrected chi connectivity index (χ0v) is 13.0. The van der Waals surface area contributed by atoms with Crippen molar-refractivity contribution in [3.05, 3.63) is 0 Å². The topological polar surface area (TPSA) is 84.3 Å². The minimum absolute atomic E-state index is 0.177. The van der Waals surface area contributed by atoms with Crippen LogP contribution in [0, 0.1) is 5.92 Å². The van der Waals surface area contributed by atoms with Crippen molar-refractivity contribution in [3.63, 3.8) is 0 Å². The number of aliphatic hydroxyl groups is 1. The first-order valence-corrected chi connectivity index (χ1v) is 7.57. The monoisotopic (exact) mass is 301 g/mol. The third-order valence-electron chi connectivity index (χ3n) is 4.07. The Labute approximate surface area is 126 Å². The fourth-order valence-corrected chi connectivity index (χ4v) is 2.59. The number of carbonyl (C=O) groups is 2. The van der Waals surface area contributed by atoms with Gasteiger partial charge in [0.15, 0.2) is 0 Å². The molecule has 1 atom stereocenters. The molecule has 1 amide bonds. The van der Waals surface area contributed by atoms with Crippen molar-refractivity contribution in [1.82, 2.24) is 14.7 Å². The van der Waals surface area contributed by atoms with Gasteiger partial charge in [-0.05, 0) is 13.1 Å². The van der Waals surface area contributed by atoms with E-state index in [2.05, 4.69) is 23.6 Å². The van der Waals surface area contributed by atoms with Gasteiger partial charge in [0.1, 0.15) is 6.61 Å². The van der Waals surface area contributed by atoms with Crippen LogP contribution in [0.4, 0.5) is 0 Å².